The van der Waals surface area contributed by atoms with E-state index < -0.39 is 0 Å². The van der Waals surface area contributed by atoms with Gasteiger partial charge >= 0.3 is 0 Å². The first-order valence-corrected chi connectivity index (χ1v) is 9.43. The number of nitrogens with zero attached hydrogens (tertiary/aromatic N) is 2. The quantitative estimate of drug-likeness (QED) is 0.736. The van der Waals surface area contributed by atoms with Crippen molar-refractivity contribution in [2.75, 3.05) is 13.7 Å². The van der Waals surface area contributed by atoms with E-state index >= 15 is 0 Å². The number of methoxy groups -OCH3 is 1. The third kappa shape index (κ3) is 3.53. The summed E-state index contributed by atoms with van der Waals surface area (Å²) < 4.78 is 9.44. The van der Waals surface area contributed by atoms with Crippen LogP contribution in [-0.2, 0) is 26.1 Å². The average molecular weight is 384 g/mol. The molecule has 1 aromatic heterocycles. The van der Waals surface area contributed by atoms with Gasteiger partial charge in [-0.05, 0) is 23.8 Å². The highest BCUT2D eigenvalue weighted by atomic mass is 35.5. The molecule has 4 rings (SSSR count). The lowest BCUT2D eigenvalue weighted by atomic mass is 10.1. The van der Waals surface area contributed by atoms with Crippen LogP contribution in [0.2, 0.25) is 5.02 Å². The van der Waals surface area contributed by atoms with E-state index in [0.717, 1.165) is 41.1 Å². The van der Waals surface area contributed by atoms with Crippen LogP contribution in [0, 0.1) is 0 Å². The number of aromatic nitrogens is 2. The van der Waals surface area contributed by atoms with Crippen molar-refractivity contribution in [1.82, 2.24) is 14.7 Å². The number of hydrogen-bond donors (Lipinski definition) is 1. The van der Waals surface area contributed by atoms with Gasteiger partial charge in [0.2, 0.25) is 0 Å². The highest BCUT2D eigenvalue weighted by Gasteiger charge is 2.23. The Morgan fingerprint density at radius 3 is 2.63 bits per heavy atom. The van der Waals surface area contributed by atoms with Crippen molar-refractivity contribution in [2.24, 2.45) is 0 Å². The maximum Gasteiger partial charge on any atom is 0.271 e. The number of benzene rings is 2. The molecule has 6 heteroatoms. The normalized spacial score (nSPS) is 13.4. The van der Waals surface area contributed by atoms with Crippen LogP contribution in [0.15, 0.2) is 53.3 Å². The van der Waals surface area contributed by atoms with Gasteiger partial charge in [0.05, 0.1) is 25.8 Å². The van der Waals surface area contributed by atoms with Gasteiger partial charge < -0.3 is 10.1 Å². The van der Waals surface area contributed by atoms with Crippen LogP contribution in [-0.4, -0.2) is 23.0 Å². The van der Waals surface area contributed by atoms with Crippen LogP contribution in [0.3, 0.4) is 0 Å². The number of nitrogens with one attached hydrogen (secondary N) is 1. The molecule has 1 N–H and O–H groups in total. The Morgan fingerprint density at radius 1 is 1.07 bits per heavy atom. The molecule has 0 fully saturated rings. The molecule has 0 saturated heterocycles. The zero-order valence-corrected chi connectivity index (χ0v) is 16.0. The summed E-state index contributed by atoms with van der Waals surface area (Å²) in [6, 6.07) is 15.6. The van der Waals surface area contributed by atoms with Crippen molar-refractivity contribution < 1.29 is 4.74 Å². The van der Waals surface area contributed by atoms with Crippen LogP contribution in [0.25, 0.3) is 0 Å². The van der Waals surface area contributed by atoms with Gasteiger partial charge in [0.15, 0.2) is 0 Å². The zero-order valence-electron chi connectivity index (χ0n) is 15.2. The first-order chi connectivity index (χ1) is 13.2. The predicted octanol–water partition coefficient (Wildman–Crippen LogP) is 3.05. The molecule has 0 radical (unpaired) electrons. The second kappa shape index (κ2) is 7.62. The lowest BCUT2D eigenvalue weighted by molar-refractivity contribution is 0.402. The molecule has 3 aromatic rings. The SMILES string of the molecule is COc1ccccc1Cn1c(=O)c2c(n1Cc1ccc(Cl)cc1)CCNC2. The number of rotatable bonds is 5. The number of para-hydroxylation sites is 1. The van der Waals surface area contributed by atoms with Crippen LogP contribution in [0.1, 0.15) is 22.4 Å². The van der Waals surface area contributed by atoms with Crippen molar-refractivity contribution in [3.05, 3.63) is 86.3 Å². The lowest BCUT2D eigenvalue weighted by Gasteiger charge is -2.18. The Bertz CT molecular complexity index is 1010. The van der Waals surface area contributed by atoms with E-state index in [1.165, 1.54) is 0 Å². The minimum Gasteiger partial charge on any atom is -0.496 e. The molecule has 27 heavy (non-hydrogen) atoms. The predicted molar refractivity (Wildman–Crippen MR) is 107 cm³/mol. The third-order valence-corrected chi connectivity index (χ3v) is 5.29. The van der Waals surface area contributed by atoms with Crippen LogP contribution >= 0.6 is 11.6 Å². The summed E-state index contributed by atoms with van der Waals surface area (Å²) in [5.41, 5.74) is 4.15. The molecule has 0 aliphatic carbocycles. The van der Waals surface area contributed by atoms with E-state index in [9.17, 15) is 4.79 Å². The first kappa shape index (κ1) is 17.9. The largest absolute Gasteiger partial charge is 0.496 e. The standard InChI is InChI=1S/C21H22ClN3O2/c1-27-20-5-3-2-4-16(20)14-25-21(26)18-12-23-11-10-19(18)24(25)13-15-6-8-17(22)9-7-15/h2-9,23H,10-14H2,1H3. The monoisotopic (exact) mass is 383 g/mol. The third-order valence-electron chi connectivity index (χ3n) is 5.04. The molecule has 140 valence electrons. The van der Waals surface area contributed by atoms with E-state index in [-0.39, 0.29) is 5.56 Å². The van der Waals surface area contributed by atoms with Crippen molar-refractivity contribution in [1.29, 1.82) is 0 Å². The Balaban J connectivity index is 1.79. The van der Waals surface area contributed by atoms with Gasteiger partial charge in [0.1, 0.15) is 5.75 Å². The fourth-order valence-electron chi connectivity index (χ4n) is 3.66. The molecule has 2 heterocycles. The van der Waals surface area contributed by atoms with Crippen molar-refractivity contribution in [3.8, 4) is 5.75 Å². The van der Waals surface area contributed by atoms with Gasteiger partial charge in [-0.25, -0.2) is 4.68 Å². The highest BCUT2D eigenvalue weighted by Crippen LogP contribution is 2.21. The fraction of sp³-hybridized carbons (Fsp3) is 0.286. The summed E-state index contributed by atoms with van der Waals surface area (Å²) in [6.45, 7) is 2.61. The summed E-state index contributed by atoms with van der Waals surface area (Å²) >= 11 is 6.02. The molecule has 0 unspecified atom stereocenters. The van der Waals surface area contributed by atoms with Gasteiger partial charge in [-0.15, -0.1) is 0 Å². The van der Waals surface area contributed by atoms with E-state index in [1.807, 2.05) is 53.2 Å². The van der Waals surface area contributed by atoms with Crippen LogP contribution in [0.5, 0.6) is 5.75 Å². The summed E-state index contributed by atoms with van der Waals surface area (Å²) in [6.07, 6.45) is 0.844. The molecular weight excluding hydrogens is 362 g/mol. The van der Waals surface area contributed by atoms with Gasteiger partial charge in [-0.1, -0.05) is 41.9 Å². The molecule has 1 aliphatic heterocycles. The average Bonchev–Trinajstić information content (AvgIpc) is 2.96. The molecule has 0 saturated carbocycles. The van der Waals surface area contributed by atoms with Crippen molar-refractivity contribution >= 4 is 11.6 Å². The van der Waals surface area contributed by atoms with Crippen LogP contribution < -0.4 is 15.6 Å². The highest BCUT2D eigenvalue weighted by molar-refractivity contribution is 6.30. The number of halogens is 1. The van der Waals surface area contributed by atoms with Gasteiger partial charge in [0, 0.05) is 35.8 Å². The Hall–Kier alpha value is -2.50. The Morgan fingerprint density at radius 2 is 1.85 bits per heavy atom. The summed E-state index contributed by atoms with van der Waals surface area (Å²) in [7, 11) is 1.66. The molecule has 5 nitrogen and oxygen atoms in total. The number of ether oxygens (including phenoxy) is 1. The fourth-order valence-corrected chi connectivity index (χ4v) is 3.79. The second-order valence-electron chi connectivity index (χ2n) is 6.71. The van der Waals surface area contributed by atoms with E-state index in [1.54, 1.807) is 7.11 Å². The topological polar surface area (TPSA) is 48.2 Å². The second-order valence-corrected chi connectivity index (χ2v) is 7.15. The molecule has 0 amide bonds. The first-order valence-electron chi connectivity index (χ1n) is 9.06. The molecule has 0 atom stereocenters. The molecule has 0 spiro atoms. The van der Waals surface area contributed by atoms with Gasteiger partial charge in [0.25, 0.3) is 5.56 Å². The van der Waals surface area contributed by atoms with Crippen molar-refractivity contribution in [2.45, 2.75) is 26.1 Å². The summed E-state index contributed by atoms with van der Waals surface area (Å²) in [5, 5.41) is 4.02. The number of fused-ring (bicyclic) bond motifs is 1. The summed E-state index contributed by atoms with van der Waals surface area (Å²) in [4.78, 5) is 13.1. The molecule has 1 aliphatic rings. The minimum atomic E-state index is 0.0667. The van der Waals surface area contributed by atoms with Gasteiger partial charge in [-0.3, -0.25) is 9.48 Å². The minimum absolute atomic E-state index is 0.0667. The van der Waals surface area contributed by atoms with Gasteiger partial charge in [-0.2, -0.15) is 0 Å². The maximum absolute atomic E-state index is 13.1. The van der Waals surface area contributed by atoms with Crippen LogP contribution in [0.4, 0.5) is 0 Å². The Labute approximate surface area is 163 Å². The van der Waals surface area contributed by atoms with E-state index in [0.29, 0.717) is 24.7 Å². The summed E-state index contributed by atoms with van der Waals surface area (Å²) in [5.74, 6) is 0.791. The zero-order chi connectivity index (χ0) is 18.8. The van der Waals surface area contributed by atoms with E-state index in [2.05, 4.69) is 10.00 Å². The number of hydrogen-bond acceptors (Lipinski definition) is 3. The lowest BCUT2D eigenvalue weighted by Crippen LogP contribution is -2.27. The smallest absolute Gasteiger partial charge is 0.271 e. The van der Waals surface area contributed by atoms with E-state index in [4.69, 9.17) is 16.3 Å². The Kier molecular flexibility index (Phi) is 5.05. The molecular formula is C21H22ClN3O2. The maximum atomic E-state index is 13.1. The van der Waals surface area contributed by atoms with Crippen molar-refractivity contribution in [3.63, 3.8) is 0 Å². The molecule has 0 bridgehead atoms. The molecule has 2 aromatic carbocycles.